The molecule has 1 saturated heterocycles. The van der Waals surface area contributed by atoms with Crippen molar-refractivity contribution in [1.82, 2.24) is 5.32 Å². The summed E-state index contributed by atoms with van der Waals surface area (Å²) in [5.41, 5.74) is 2.16. The lowest BCUT2D eigenvalue weighted by Gasteiger charge is -2.36. The lowest BCUT2D eigenvalue weighted by Crippen LogP contribution is -2.47. The predicted molar refractivity (Wildman–Crippen MR) is 82.5 cm³/mol. The van der Waals surface area contributed by atoms with Gasteiger partial charge in [-0.05, 0) is 30.7 Å². The zero-order valence-corrected chi connectivity index (χ0v) is 12.7. The largest absolute Gasteiger partial charge is 0.394 e. The average Bonchev–Trinajstić information content (AvgIpc) is 2.48. The molecule has 1 aromatic rings. The molecule has 2 rings (SSSR count). The Morgan fingerprint density at radius 1 is 1.50 bits per heavy atom. The Kier molecular flexibility index (Phi) is 6.10. The Morgan fingerprint density at radius 2 is 2.35 bits per heavy atom. The predicted octanol–water partition coefficient (Wildman–Crippen LogP) is 2.04. The second kappa shape index (κ2) is 7.84. The van der Waals surface area contributed by atoms with Crippen LogP contribution in [-0.4, -0.2) is 44.1 Å². The minimum atomic E-state index is -0.00897. The van der Waals surface area contributed by atoms with Crippen LogP contribution in [0, 0.1) is 0 Å². The lowest BCUT2D eigenvalue weighted by atomic mass is 10.1. The summed E-state index contributed by atoms with van der Waals surface area (Å²) in [7, 11) is 0. The molecule has 0 spiro atoms. The molecule has 1 atom stereocenters. The molecular formula is C15H23ClN2O2. The number of benzene rings is 1. The van der Waals surface area contributed by atoms with E-state index in [4.69, 9.17) is 16.3 Å². The highest BCUT2D eigenvalue weighted by Gasteiger charge is 2.24. The molecule has 0 aliphatic carbocycles. The van der Waals surface area contributed by atoms with Crippen LogP contribution in [0.1, 0.15) is 18.9 Å². The number of aliphatic hydroxyl groups is 1. The van der Waals surface area contributed by atoms with Gasteiger partial charge in [0.05, 0.1) is 36.6 Å². The van der Waals surface area contributed by atoms with Crippen molar-refractivity contribution < 1.29 is 9.84 Å². The Balaban J connectivity index is 2.08. The highest BCUT2D eigenvalue weighted by molar-refractivity contribution is 6.33. The van der Waals surface area contributed by atoms with Gasteiger partial charge in [0.1, 0.15) is 0 Å². The van der Waals surface area contributed by atoms with E-state index < -0.39 is 0 Å². The molecular weight excluding hydrogens is 276 g/mol. The number of rotatable bonds is 6. The van der Waals surface area contributed by atoms with Crippen molar-refractivity contribution in [3.8, 4) is 0 Å². The third kappa shape index (κ3) is 3.85. The van der Waals surface area contributed by atoms with Gasteiger partial charge >= 0.3 is 0 Å². The fraction of sp³-hybridized carbons (Fsp3) is 0.600. The number of nitrogens with zero attached hydrogens (tertiary/aromatic N) is 1. The summed E-state index contributed by atoms with van der Waals surface area (Å²) in [6.45, 7) is 6.06. The Morgan fingerprint density at radius 3 is 3.05 bits per heavy atom. The number of hydrogen-bond donors (Lipinski definition) is 2. The number of anilines is 1. The second-order valence-electron chi connectivity index (χ2n) is 5.07. The first-order valence-corrected chi connectivity index (χ1v) is 7.58. The molecule has 2 N–H and O–H groups in total. The highest BCUT2D eigenvalue weighted by Crippen LogP contribution is 2.29. The van der Waals surface area contributed by atoms with Crippen LogP contribution in [0.15, 0.2) is 18.2 Å². The van der Waals surface area contributed by atoms with Crippen molar-refractivity contribution in [3.05, 3.63) is 28.8 Å². The van der Waals surface area contributed by atoms with Gasteiger partial charge in [-0.3, -0.25) is 0 Å². The minimum Gasteiger partial charge on any atom is -0.394 e. The molecule has 1 heterocycles. The molecule has 0 amide bonds. The highest BCUT2D eigenvalue weighted by atomic mass is 35.5. The van der Waals surface area contributed by atoms with E-state index >= 15 is 0 Å². The number of halogens is 1. The van der Waals surface area contributed by atoms with Crippen molar-refractivity contribution in [3.63, 3.8) is 0 Å². The third-order valence-corrected chi connectivity index (χ3v) is 3.82. The van der Waals surface area contributed by atoms with Gasteiger partial charge in [-0.15, -0.1) is 0 Å². The van der Waals surface area contributed by atoms with Gasteiger partial charge in [-0.2, -0.15) is 0 Å². The summed E-state index contributed by atoms with van der Waals surface area (Å²) >= 11 is 6.41. The molecule has 0 aromatic heterocycles. The first kappa shape index (κ1) is 15.6. The molecule has 1 unspecified atom stereocenters. The van der Waals surface area contributed by atoms with Gasteiger partial charge < -0.3 is 20.1 Å². The first-order valence-electron chi connectivity index (χ1n) is 7.20. The Hall–Kier alpha value is -0.810. The van der Waals surface area contributed by atoms with Crippen molar-refractivity contribution in [1.29, 1.82) is 0 Å². The standard InChI is InChI=1S/C15H23ClN2O2/c1-2-5-17-9-12-3-4-15(14(16)8-12)18-6-7-20-11-13(18)10-19/h3-4,8,13,17,19H,2,5-7,9-11H2,1H3. The maximum atomic E-state index is 9.44. The second-order valence-corrected chi connectivity index (χ2v) is 5.47. The molecule has 112 valence electrons. The van der Waals surface area contributed by atoms with Gasteiger partial charge in [0.25, 0.3) is 0 Å². The first-order chi connectivity index (χ1) is 9.76. The maximum absolute atomic E-state index is 9.44. The lowest BCUT2D eigenvalue weighted by molar-refractivity contribution is 0.0727. The van der Waals surface area contributed by atoms with E-state index in [2.05, 4.69) is 23.2 Å². The van der Waals surface area contributed by atoms with Crippen LogP contribution in [0.4, 0.5) is 5.69 Å². The van der Waals surface area contributed by atoms with Crippen molar-refractivity contribution in [2.24, 2.45) is 0 Å². The zero-order valence-electron chi connectivity index (χ0n) is 11.9. The molecule has 0 bridgehead atoms. The van der Waals surface area contributed by atoms with Crippen LogP contribution >= 0.6 is 11.6 Å². The van der Waals surface area contributed by atoms with Gasteiger partial charge in [0, 0.05) is 13.1 Å². The molecule has 20 heavy (non-hydrogen) atoms. The number of aliphatic hydroxyl groups excluding tert-OH is 1. The number of ether oxygens (including phenoxy) is 1. The van der Waals surface area contributed by atoms with Crippen LogP contribution in [0.25, 0.3) is 0 Å². The molecule has 1 fully saturated rings. The molecule has 5 heteroatoms. The quantitative estimate of drug-likeness (QED) is 0.789. The van der Waals surface area contributed by atoms with E-state index in [0.29, 0.717) is 13.2 Å². The summed E-state index contributed by atoms with van der Waals surface area (Å²) in [5.74, 6) is 0. The van der Waals surface area contributed by atoms with Gasteiger partial charge in [-0.1, -0.05) is 24.6 Å². The fourth-order valence-corrected chi connectivity index (χ4v) is 2.74. The maximum Gasteiger partial charge on any atom is 0.0756 e. The van der Waals surface area contributed by atoms with Crippen LogP contribution in [-0.2, 0) is 11.3 Å². The van der Waals surface area contributed by atoms with E-state index in [1.54, 1.807) is 0 Å². The van der Waals surface area contributed by atoms with Crippen LogP contribution in [0.5, 0.6) is 0 Å². The van der Waals surface area contributed by atoms with Crippen molar-refractivity contribution in [2.45, 2.75) is 25.9 Å². The molecule has 0 saturated carbocycles. The van der Waals surface area contributed by atoms with Gasteiger partial charge in [-0.25, -0.2) is 0 Å². The van der Waals surface area contributed by atoms with E-state index in [0.717, 1.165) is 36.8 Å². The van der Waals surface area contributed by atoms with Crippen LogP contribution in [0.3, 0.4) is 0 Å². The Bertz CT molecular complexity index is 428. The SMILES string of the molecule is CCCNCc1ccc(N2CCOCC2CO)c(Cl)c1. The molecule has 0 radical (unpaired) electrons. The smallest absolute Gasteiger partial charge is 0.0756 e. The summed E-state index contributed by atoms with van der Waals surface area (Å²) < 4.78 is 5.40. The van der Waals surface area contributed by atoms with Gasteiger partial charge in [0.15, 0.2) is 0 Å². The van der Waals surface area contributed by atoms with Crippen molar-refractivity contribution in [2.75, 3.05) is 37.8 Å². The summed E-state index contributed by atoms with van der Waals surface area (Å²) in [6.07, 6.45) is 1.12. The zero-order chi connectivity index (χ0) is 14.4. The molecule has 1 aliphatic heterocycles. The Labute approximate surface area is 125 Å². The minimum absolute atomic E-state index is 0.00897. The molecule has 1 aromatic carbocycles. The van der Waals surface area contributed by atoms with E-state index in [9.17, 15) is 5.11 Å². The van der Waals surface area contributed by atoms with Crippen LogP contribution in [0.2, 0.25) is 5.02 Å². The van der Waals surface area contributed by atoms with Crippen LogP contribution < -0.4 is 10.2 Å². The number of nitrogens with one attached hydrogen (secondary N) is 1. The summed E-state index contributed by atoms with van der Waals surface area (Å²) in [5, 5.41) is 13.5. The molecule has 4 nitrogen and oxygen atoms in total. The number of hydrogen-bond acceptors (Lipinski definition) is 4. The van der Waals surface area contributed by atoms with E-state index in [1.807, 2.05) is 12.1 Å². The number of morpholine rings is 1. The topological polar surface area (TPSA) is 44.7 Å². The average molecular weight is 299 g/mol. The van der Waals surface area contributed by atoms with E-state index in [-0.39, 0.29) is 12.6 Å². The van der Waals surface area contributed by atoms with E-state index in [1.165, 1.54) is 5.56 Å². The summed E-state index contributed by atoms with van der Waals surface area (Å²) in [4.78, 5) is 2.13. The molecule has 1 aliphatic rings. The third-order valence-electron chi connectivity index (χ3n) is 3.52. The fourth-order valence-electron chi connectivity index (χ4n) is 2.43. The summed E-state index contributed by atoms with van der Waals surface area (Å²) in [6, 6.07) is 6.13. The van der Waals surface area contributed by atoms with Gasteiger partial charge in [0.2, 0.25) is 0 Å². The normalized spacial score (nSPS) is 19.4. The monoisotopic (exact) mass is 298 g/mol. The van der Waals surface area contributed by atoms with Crippen molar-refractivity contribution >= 4 is 17.3 Å².